The third kappa shape index (κ3) is 8.59. The SMILES string of the molecule is CC1=C(C(=O)Nc2ccc3[nH]nc(-c4ccnc(N5C[C@@H](C)N(CC6CCN(CC7CCN(c8ccc9c(c8)C(=O)N(C8CCC(=O)NC8=O)C9=O)CC7)CC6)[C@@H](C)C5)c4)c3c2)[C@H](C)n2nnnc2N1C. The molecular formula is C51H61N15O5. The van der Waals surface area contributed by atoms with Crippen LogP contribution in [0.2, 0.25) is 0 Å². The van der Waals surface area contributed by atoms with Gasteiger partial charge < -0.3 is 24.9 Å². The zero-order valence-corrected chi connectivity index (χ0v) is 41.0. The Bertz CT molecular complexity index is 2960. The number of tetrazole rings is 1. The zero-order valence-electron chi connectivity index (χ0n) is 41.0. The third-order valence-electron chi connectivity index (χ3n) is 16.1. The van der Waals surface area contributed by atoms with Crippen LogP contribution in [0.3, 0.4) is 0 Å². The lowest BCUT2D eigenvalue weighted by molar-refractivity contribution is -0.136. The fourth-order valence-corrected chi connectivity index (χ4v) is 12.0. The van der Waals surface area contributed by atoms with Crippen LogP contribution in [-0.4, -0.2) is 157 Å². The second kappa shape index (κ2) is 18.6. The summed E-state index contributed by atoms with van der Waals surface area (Å²) >= 11 is 0. The van der Waals surface area contributed by atoms with Gasteiger partial charge in [0.1, 0.15) is 17.6 Å². The van der Waals surface area contributed by atoms with E-state index >= 15 is 0 Å². The summed E-state index contributed by atoms with van der Waals surface area (Å²) in [5.74, 6) is 0.646. The summed E-state index contributed by atoms with van der Waals surface area (Å²) in [6.07, 6.45) is 6.61. The number of pyridine rings is 1. The van der Waals surface area contributed by atoms with Crippen molar-refractivity contribution in [2.75, 3.05) is 79.4 Å². The van der Waals surface area contributed by atoms with Gasteiger partial charge in [-0.2, -0.15) is 5.10 Å². The highest BCUT2D eigenvalue weighted by Crippen LogP contribution is 2.36. The van der Waals surface area contributed by atoms with E-state index in [0.29, 0.717) is 52.3 Å². The number of anilines is 4. The number of carbonyl (C=O) groups is 5. The van der Waals surface area contributed by atoms with Crippen LogP contribution in [0.25, 0.3) is 22.2 Å². The quantitative estimate of drug-likeness (QED) is 0.165. The summed E-state index contributed by atoms with van der Waals surface area (Å²) < 4.78 is 1.65. The number of imide groups is 2. The Morgan fingerprint density at radius 3 is 2.31 bits per heavy atom. The average molecular weight is 964 g/mol. The van der Waals surface area contributed by atoms with Crippen LogP contribution in [0.5, 0.6) is 0 Å². The second-order valence-electron chi connectivity index (χ2n) is 20.5. The number of nitrogens with one attached hydrogen (secondary N) is 3. The van der Waals surface area contributed by atoms with E-state index in [4.69, 9.17) is 10.1 Å². The van der Waals surface area contributed by atoms with E-state index in [1.165, 1.54) is 12.8 Å². The van der Waals surface area contributed by atoms with Crippen molar-refractivity contribution in [3.63, 3.8) is 0 Å². The maximum atomic E-state index is 13.8. The summed E-state index contributed by atoms with van der Waals surface area (Å²) in [5, 5.41) is 26.2. The number of piperazine rings is 1. The summed E-state index contributed by atoms with van der Waals surface area (Å²) in [4.78, 5) is 82.4. The number of nitrogens with zero attached hydrogens (tertiary/aromatic N) is 12. The van der Waals surface area contributed by atoms with Crippen molar-refractivity contribution in [2.45, 2.75) is 90.4 Å². The molecule has 11 rings (SSSR count). The number of hydrogen-bond donors (Lipinski definition) is 3. The fourth-order valence-electron chi connectivity index (χ4n) is 12.0. The lowest BCUT2D eigenvalue weighted by atomic mass is 9.91. The molecule has 6 aliphatic rings. The lowest BCUT2D eigenvalue weighted by Crippen LogP contribution is -2.58. The Morgan fingerprint density at radius 2 is 1.55 bits per heavy atom. The molecule has 20 nitrogen and oxygen atoms in total. The molecule has 0 radical (unpaired) electrons. The molecule has 2 aromatic carbocycles. The van der Waals surface area contributed by atoms with Gasteiger partial charge in [-0.3, -0.25) is 44.2 Å². The van der Waals surface area contributed by atoms with E-state index < -0.39 is 23.8 Å². The summed E-state index contributed by atoms with van der Waals surface area (Å²) in [6.45, 7) is 16.5. The minimum Gasteiger partial charge on any atom is -0.371 e. The standard InChI is InChI=1S/C51H61N15O5/c1-29-25-63(43-22-35(12-17-52-43)46-40-23-36(6-9-41(40)55-56-46)53-48(69)45-31(3)60(5)51-57-58-59-66(51)32(45)4)26-30(2)64(29)28-34-13-18-61(19-14-34)27-33-15-20-62(21-16-33)37-7-8-38-39(24-37)50(71)65(49(38)70)42-10-11-44(67)54-47(42)68/h6-9,12,17,22-24,29-30,32-34,42H,10-11,13-16,18-21,25-28H2,1-5H3,(H,53,69)(H,55,56)(H,54,67,68)/t29-,30+,32-,42?/m0/s1. The van der Waals surface area contributed by atoms with Crippen molar-refractivity contribution >= 4 is 63.6 Å². The molecule has 0 bridgehead atoms. The molecule has 9 heterocycles. The number of carbonyl (C=O) groups excluding carboxylic acids is 5. The van der Waals surface area contributed by atoms with Crippen molar-refractivity contribution in [3.8, 4) is 11.3 Å². The first-order valence-electron chi connectivity index (χ1n) is 25.1. The van der Waals surface area contributed by atoms with E-state index in [-0.39, 0.29) is 30.7 Å². The van der Waals surface area contributed by atoms with Gasteiger partial charge in [-0.05, 0) is 144 Å². The van der Waals surface area contributed by atoms with Crippen LogP contribution < -0.4 is 25.3 Å². The second-order valence-corrected chi connectivity index (χ2v) is 20.5. The molecule has 71 heavy (non-hydrogen) atoms. The van der Waals surface area contributed by atoms with Crippen LogP contribution in [0.1, 0.15) is 93.0 Å². The molecule has 4 fully saturated rings. The highest BCUT2D eigenvalue weighted by Gasteiger charge is 2.45. The van der Waals surface area contributed by atoms with Crippen LogP contribution in [0.15, 0.2) is 66.0 Å². The number of H-pyrrole nitrogens is 1. The van der Waals surface area contributed by atoms with Gasteiger partial charge in [0.2, 0.25) is 17.8 Å². The van der Waals surface area contributed by atoms with Crippen molar-refractivity contribution in [2.24, 2.45) is 11.8 Å². The van der Waals surface area contributed by atoms with E-state index in [1.807, 2.05) is 62.3 Å². The minimum atomic E-state index is -0.965. The van der Waals surface area contributed by atoms with E-state index in [0.717, 1.165) is 109 Å². The molecule has 370 valence electrons. The maximum absolute atomic E-state index is 13.8. The van der Waals surface area contributed by atoms with Gasteiger partial charge >= 0.3 is 0 Å². The maximum Gasteiger partial charge on any atom is 0.262 e. The lowest BCUT2D eigenvalue weighted by Gasteiger charge is -2.47. The predicted octanol–water partition coefficient (Wildman–Crippen LogP) is 4.46. The summed E-state index contributed by atoms with van der Waals surface area (Å²) in [7, 11) is 1.85. The minimum absolute atomic E-state index is 0.0989. The molecule has 4 saturated heterocycles. The molecule has 6 aliphatic heterocycles. The highest BCUT2D eigenvalue weighted by molar-refractivity contribution is 6.23. The van der Waals surface area contributed by atoms with Crippen molar-refractivity contribution in [3.05, 3.63) is 77.1 Å². The molecule has 0 spiro atoms. The Labute approximate surface area is 411 Å². The molecule has 4 atom stereocenters. The first-order chi connectivity index (χ1) is 34.3. The molecule has 0 aliphatic carbocycles. The van der Waals surface area contributed by atoms with Crippen LogP contribution in [-0.2, 0) is 14.4 Å². The van der Waals surface area contributed by atoms with Gasteiger partial charge in [-0.15, -0.1) is 0 Å². The first-order valence-corrected chi connectivity index (χ1v) is 25.1. The van der Waals surface area contributed by atoms with Gasteiger partial charge in [0.15, 0.2) is 0 Å². The highest BCUT2D eigenvalue weighted by atomic mass is 16.2. The Hall–Kier alpha value is -7.06. The molecule has 5 amide bonds. The van der Waals surface area contributed by atoms with Gasteiger partial charge in [-0.1, -0.05) is 5.10 Å². The number of aromatic nitrogens is 7. The van der Waals surface area contributed by atoms with Crippen molar-refractivity contribution in [1.82, 2.24) is 55.4 Å². The summed E-state index contributed by atoms with van der Waals surface area (Å²) in [6, 6.07) is 14.8. The Morgan fingerprint density at radius 1 is 0.817 bits per heavy atom. The molecule has 5 aromatic rings. The van der Waals surface area contributed by atoms with Gasteiger partial charge in [0.05, 0.1) is 28.3 Å². The number of fused-ring (bicyclic) bond motifs is 3. The number of piperidine rings is 3. The molecule has 1 unspecified atom stereocenters. The zero-order chi connectivity index (χ0) is 49.2. The number of benzene rings is 2. The number of amides is 5. The Kier molecular flexibility index (Phi) is 12.1. The molecule has 3 aromatic heterocycles. The van der Waals surface area contributed by atoms with Gasteiger partial charge in [0, 0.05) is 99.0 Å². The normalized spacial score (nSPS) is 24.0. The Balaban J connectivity index is 0.656. The summed E-state index contributed by atoms with van der Waals surface area (Å²) in [5.41, 5.74) is 6.23. The average Bonchev–Trinajstić information content (AvgIpc) is 4.10. The van der Waals surface area contributed by atoms with E-state index in [9.17, 15) is 24.0 Å². The van der Waals surface area contributed by atoms with Crippen LogP contribution >= 0.6 is 0 Å². The number of hydrogen-bond acceptors (Lipinski definition) is 15. The monoisotopic (exact) mass is 963 g/mol. The van der Waals surface area contributed by atoms with Crippen molar-refractivity contribution in [1.29, 1.82) is 0 Å². The number of aromatic amines is 1. The van der Waals surface area contributed by atoms with E-state index in [2.05, 4.69) is 70.8 Å². The largest absolute Gasteiger partial charge is 0.371 e. The topological polar surface area (TPSA) is 214 Å². The van der Waals surface area contributed by atoms with E-state index in [1.54, 1.807) is 16.8 Å². The number of likely N-dealkylation sites (tertiary alicyclic amines) is 1. The molecule has 3 N–H and O–H groups in total. The molecule has 0 saturated carbocycles. The molecule has 20 heteroatoms. The fraction of sp³-hybridized carbons (Fsp3) is 0.490. The van der Waals surface area contributed by atoms with Crippen molar-refractivity contribution < 1.29 is 24.0 Å². The number of allylic oxidation sites excluding steroid dienone is 1. The van der Waals surface area contributed by atoms with Crippen LogP contribution in [0.4, 0.5) is 23.1 Å². The first kappa shape index (κ1) is 46.3. The third-order valence-corrected chi connectivity index (χ3v) is 16.1. The van der Waals surface area contributed by atoms with Gasteiger partial charge in [0.25, 0.3) is 17.7 Å². The molecular weight excluding hydrogens is 903 g/mol. The smallest absolute Gasteiger partial charge is 0.262 e. The van der Waals surface area contributed by atoms with Gasteiger partial charge in [-0.25, -0.2) is 9.67 Å². The van der Waals surface area contributed by atoms with Crippen LogP contribution in [0, 0.1) is 11.8 Å². The number of rotatable bonds is 10. The predicted molar refractivity (Wildman–Crippen MR) is 267 cm³/mol.